The van der Waals surface area contributed by atoms with Crippen LogP contribution in [0.25, 0.3) is 0 Å². The summed E-state index contributed by atoms with van der Waals surface area (Å²) in [5.74, 6) is -0.443. The summed E-state index contributed by atoms with van der Waals surface area (Å²) in [5.41, 5.74) is 0. The Balaban J connectivity index is 0.000000921. The molecule has 1 heterocycles. The third-order valence-corrected chi connectivity index (χ3v) is 1.32. The molecule has 0 atom stereocenters. The van der Waals surface area contributed by atoms with E-state index in [0.717, 1.165) is 0 Å². The van der Waals surface area contributed by atoms with Crippen LogP contribution < -0.4 is 5.32 Å². The molecule has 0 bridgehead atoms. The first-order chi connectivity index (χ1) is 7.08. The van der Waals surface area contributed by atoms with Crippen LogP contribution in [0.1, 0.15) is 20.3 Å². The molecule has 0 saturated carbocycles. The summed E-state index contributed by atoms with van der Waals surface area (Å²) in [5, 5.41) is 6.04. The van der Waals surface area contributed by atoms with E-state index in [2.05, 4.69) is 10.4 Å². The molecule has 0 saturated heterocycles. The quantitative estimate of drug-likeness (QED) is 0.845. The van der Waals surface area contributed by atoms with Crippen molar-refractivity contribution in [2.24, 2.45) is 7.05 Å². The fourth-order valence-corrected chi connectivity index (χ4v) is 0.816. The summed E-state index contributed by atoms with van der Waals surface area (Å²) in [6, 6.07) is 1.53. The molecule has 6 heteroatoms. The highest BCUT2D eigenvalue weighted by Gasteiger charge is 2.11. The maximum atomic E-state index is 11.7. The van der Waals surface area contributed by atoms with Crippen LogP contribution in [0.3, 0.4) is 0 Å². The maximum absolute atomic E-state index is 11.7. The molecule has 15 heavy (non-hydrogen) atoms. The van der Waals surface area contributed by atoms with Crippen molar-refractivity contribution < 1.29 is 13.6 Å². The molecule has 1 aromatic heterocycles. The smallest absolute Gasteiger partial charge is 0.247 e. The van der Waals surface area contributed by atoms with Crippen LogP contribution in [-0.4, -0.2) is 22.1 Å². The van der Waals surface area contributed by atoms with Gasteiger partial charge in [-0.05, 0) is 0 Å². The Morgan fingerprint density at radius 2 is 2.20 bits per heavy atom. The Morgan fingerprint density at radius 3 is 2.60 bits per heavy atom. The van der Waals surface area contributed by atoms with Crippen molar-refractivity contribution in [1.82, 2.24) is 9.78 Å². The van der Waals surface area contributed by atoms with Crippen LogP contribution in [0.5, 0.6) is 0 Å². The first-order valence-corrected chi connectivity index (χ1v) is 4.65. The van der Waals surface area contributed by atoms with Gasteiger partial charge in [-0.25, -0.2) is 8.78 Å². The number of hydrogen-bond donors (Lipinski definition) is 1. The molecule has 0 aliphatic rings. The first-order valence-electron chi connectivity index (χ1n) is 4.65. The third kappa shape index (κ3) is 5.77. The molecule has 86 valence electrons. The summed E-state index contributed by atoms with van der Waals surface area (Å²) < 4.78 is 24.9. The highest BCUT2D eigenvalue weighted by Crippen LogP contribution is 2.04. The average molecular weight is 219 g/mol. The SMILES string of the molecule is CC.Cn1ccc(NC(=O)CC(F)F)n1. The van der Waals surface area contributed by atoms with Crippen molar-refractivity contribution in [3.05, 3.63) is 12.3 Å². The number of hydrogen-bond acceptors (Lipinski definition) is 2. The summed E-state index contributed by atoms with van der Waals surface area (Å²) in [4.78, 5) is 10.8. The normalized spacial score (nSPS) is 9.47. The number of amides is 1. The molecule has 0 fully saturated rings. The second kappa shape index (κ2) is 6.92. The zero-order valence-electron chi connectivity index (χ0n) is 9.00. The molecular formula is C9H15F2N3O. The van der Waals surface area contributed by atoms with Crippen molar-refractivity contribution in [3.63, 3.8) is 0 Å². The number of anilines is 1. The Morgan fingerprint density at radius 1 is 1.60 bits per heavy atom. The number of rotatable bonds is 3. The van der Waals surface area contributed by atoms with Gasteiger partial charge in [0, 0.05) is 19.3 Å². The standard InChI is InChI=1S/C7H9F2N3O.C2H6/c1-12-3-2-6(11-12)10-7(13)4-5(8)9;1-2/h2-3,5H,4H2,1H3,(H,10,11,13);1-2H3. The highest BCUT2D eigenvalue weighted by atomic mass is 19.3. The van der Waals surface area contributed by atoms with Gasteiger partial charge in [-0.3, -0.25) is 9.48 Å². The minimum atomic E-state index is -2.62. The van der Waals surface area contributed by atoms with Crippen LogP contribution in [0, 0.1) is 0 Å². The van der Waals surface area contributed by atoms with Crippen LogP contribution in [0.2, 0.25) is 0 Å². The van der Waals surface area contributed by atoms with Crippen molar-refractivity contribution in [2.45, 2.75) is 26.7 Å². The minimum Gasteiger partial charge on any atom is -0.309 e. The number of aryl methyl sites for hydroxylation is 1. The van der Waals surface area contributed by atoms with E-state index in [1.165, 1.54) is 10.7 Å². The van der Waals surface area contributed by atoms with Gasteiger partial charge < -0.3 is 5.32 Å². The minimum absolute atomic E-state index is 0.285. The zero-order chi connectivity index (χ0) is 11.8. The molecule has 4 nitrogen and oxygen atoms in total. The molecule has 1 N–H and O–H groups in total. The lowest BCUT2D eigenvalue weighted by Gasteiger charge is -1.99. The van der Waals surface area contributed by atoms with Crippen LogP contribution in [0.15, 0.2) is 12.3 Å². The van der Waals surface area contributed by atoms with E-state index in [0.29, 0.717) is 0 Å². The molecule has 1 amide bonds. The second-order valence-electron chi connectivity index (χ2n) is 2.52. The van der Waals surface area contributed by atoms with E-state index in [4.69, 9.17) is 0 Å². The van der Waals surface area contributed by atoms with Gasteiger partial charge in [0.15, 0.2) is 5.82 Å². The summed E-state index contributed by atoms with van der Waals surface area (Å²) >= 11 is 0. The van der Waals surface area contributed by atoms with Crippen LogP contribution in [0.4, 0.5) is 14.6 Å². The molecule has 0 radical (unpaired) electrons. The fourth-order valence-electron chi connectivity index (χ4n) is 0.816. The monoisotopic (exact) mass is 219 g/mol. The van der Waals surface area contributed by atoms with E-state index in [-0.39, 0.29) is 5.82 Å². The number of carbonyl (C=O) groups is 1. The lowest BCUT2D eigenvalue weighted by molar-refractivity contribution is -0.118. The Hall–Kier alpha value is -1.46. The van der Waals surface area contributed by atoms with Crippen molar-refractivity contribution >= 4 is 11.7 Å². The molecule has 0 aliphatic heterocycles. The summed E-state index contributed by atoms with van der Waals surface area (Å²) in [6.07, 6.45) is -1.81. The molecule has 0 aliphatic carbocycles. The van der Waals surface area contributed by atoms with E-state index in [9.17, 15) is 13.6 Å². The van der Waals surface area contributed by atoms with Gasteiger partial charge in [-0.2, -0.15) is 5.10 Å². The number of halogens is 2. The van der Waals surface area contributed by atoms with Crippen molar-refractivity contribution in [3.8, 4) is 0 Å². The van der Waals surface area contributed by atoms with E-state index < -0.39 is 18.8 Å². The number of alkyl halides is 2. The lowest BCUT2D eigenvalue weighted by Crippen LogP contribution is -2.15. The largest absolute Gasteiger partial charge is 0.309 e. The molecule has 1 aromatic rings. The van der Waals surface area contributed by atoms with Crippen LogP contribution >= 0.6 is 0 Å². The van der Waals surface area contributed by atoms with Gasteiger partial charge in [-0.1, -0.05) is 13.8 Å². The van der Waals surface area contributed by atoms with Gasteiger partial charge in [0.05, 0.1) is 6.42 Å². The fraction of sp³-hybridized carbons (Fsp3) is 0.556. The molecular weight excluding hydrogens is 204 g/mol. The molecule has 0 unspecified atom stereocenters. The van der Waals surface area contributed by atoms with Crippen molar-refractivity contribution in [1.29, 1.82) is 0 Å². The topological polar surface area (TPSA) is 46.9 Å². The Labute approximate surface area is 87.3 Å². The number of carbonyl (C=O) groups excluding carboxylic acids is 1. The second-order valence-corrected chi connectivity index (χ2v) is 2.52. The van der Waals surface area contributed by atoms with Gasteiger partial charge >= 0.3 is 0 Å². The summed E-state index contributed by atoms with van der Waals surface area (Å²) in [7, 11) is 1.67. The lowest BCUT2D eigenvalue weighted by atomic mass is 10.4. The number of nitrogens with zero attached hydrogens (tertiary/aromatic N) is 2. The molecule has 0 aromatic carbocycles. The Bertz CT molecular complexity index is 299. The highest BCUT2D eigenvalue weighted by molar-refractivity contribution is 5.89. The van der Waals surface area contributed by atoms with E-state index >= 15 is 0 Å². The third-order valence-electron chi connectivity index (χ3n) is 1.32. The van der Waals surface area contributed by atoms with Gasteiger partial charge in [0.1, 0.15) is 0 Å². The number of nitrogens with one attached hydrogen (secondary N) is 1. The predicted molar refractivity (Wildman–Crippen MR) is 53.8 cm³/mol. The van der Waals surface area contributed by atoms with E-state index in [1.54, 1.807) is 13.2 Å². The van der Waals surface area contributed by atoms with Crippen molar-refractivity contribution in [2.75, 3.05) is 5.32 Å². The van der Waals surface area contributed by atoms with Gasteiger partial charge in [0.2, 0.25) is 12.3 Å². The number of aromatic nitrogens is 2. The molecule has 0 spiro atoms. The Kier molecular flexibility index (Phi) is 6.24. The summed E-state index contributed by atoms with van der Waals surface area (Å²) in [6.45, 7) is 4.00. The van der Waals surface area contributed by atoms with Gasteiger partial charge in [0.25, 0.3) is 0 Å². The van der Waals surface area contributed by atoms with Crippen LogP contribution in [-0.2, 0) is 11.8 Å². The average Bonchev–Trinajstić information content (AvgIpc) is 2.53. The zero-order valence-corrected chi connectivity index (χ0v) is 9.00. The first kappa shape index (κ1) is 13.5. The van der Waals surface area contributed by atoms with E-state index in [1.807, 2.05) is 13.8 Å². The van der Waals surface area contributed by atoms with Gasteiger partial charge in [-0.15, -0.1) is 0 Å². The maximum Gasteiger partial charge on any atom is 0.247 e. The molecule has 1 rings (SSSR count). The predicted octanol–water partition coefficient (Wildman–Crippen LogP) is 2.04.